The van der Waals surface area contributed by atoms with E-state index >= 15 is 0 Å². The number of aromatic nitrogens is 2. The zero-order chi connectivity index (χ0) is 18.4. The third-order valence-electron chi connectivity index (χ3n) is 4.27. The van der Waals surface area contributed by atoms with Crippen LogP contribution in [-0.4, -0.2) is 47.0 Å². The van der Waals surface area contributed by atoms with Crippen LogP contribution in [0.3, 0.4) is 0 Å². The first kappa shape index (κ1) is 19.4. The number of anilines is 1. The first-order valence-corrected chi connectivity index (χ1v) is 9.07. The van der Waals surface area contributed by atoms with Crippen molar-refractivity contribution in [3.8, 4) is 0 Å². The van der Waals surface area contributed by atoms with Crippen LogP contribution in [0.5, 0.6) is 0 Å². The lowest BCUT2D eigenvalue weighted by molar-refractivity contribution is 0.400. The van der Waals surface area contributed by atoms with Gasteiger partial charge in [-0.15, -0.1) is 0 Å². The predicted molar refractivity (Wildman–Crippen MR) is 109 cm³/mol. The molecule has 0 saturated carbocycles. The number of thiocarbonyl (C=S) groups is 1. The van der Waals surface area contributed by atoms with Crippen LogP contribution >= 0.6 is 12.2 Å². The number of hydrogen-bond acceptors (Lipinski definition) is 3. The van der Waals surface area contributed by atoms with Crippen molar-refractivity contribution in [1.82, 2.24) is 20.0 Å². The molecule has 0 bridgehead atoms. The number of rotatable bonds is 7. The van der Waals surface area contributed by atoms with Crippen molar-refractivity contribution >= 4 is 23.0 Å². The predicted octanol–water partition coefficient (Wildman–Crippen LogP) is 3.09. The largest absolute Gasteiger partial charge is 0.362 e. The van der Waals surface area contributed by atoms with E-state index in [1.54, 1.807) is 0 Å². The molecule has 0 fully saturated rings. The molecule has 5 nitrogen and oxygen atoms in total. The smallest absolute Gasteiger partial charge is 0.170 e. The van der Waals surface area contributed by atoms with Gasteiger partial charge >= 0.3 is 0 Å². The fourth-order valence-corrected chi connectivity index (χ4v) is 2.94. The highest BCUT2D eigenvalue weighted by Crippen LogP contribution is 2.21. The Hall–Kier alpha value is -1.92. The normalized spacial score (nSPS) is 11.0. The number of benzene rings is 1. The highest BCUT2D eigenvalue weighted by Gasteiger charge is 2.13. The number of nitrogens with one attached hydrogen (secondary N) is 2. The van der Waals surface area contributed by atoms with Crippen molar-refractivity contribution in [1.29, 1.82) is 0 Å². The van der Waals surface area contributed by atoms with Crippen molar-refractivity contribution in [3.63, 3.8) is 0 Å². The topological polar surface area (TPSA) is 45.1 Å². The molecule has 0 saturated heterocycles. The van der Waals surface area contributed by atoms with E-state index in [0.717, 1.165) is 43.1 Å². The molecule has 6 heteroatoms. The second-order valence-electron chi connectivity index (χ2n) is 6.67. The molecule has 136 valence electrons. The van der Waals surface area contributed by atoms with E-state index in [1.165, 1.54) is 11.1 Å². The van der Waals surface area contributed by atoms with Gasteiger partial charge in [-0.05, 0) is 71.2 Å². The molecule has 0 spiro atoms. The summed E-state index contributed by atoms with van der Waals surface area (Å²) in [7, 11) is 4.15. The van der Waals surface area contributed by atoms with Gasteiger partial charge in [0, 0.05) is 6.54 Å². The molecule has 0 aliphatic heterocycles. The molecule has 0 aliphatic carbocycles. The summed E-state index contributed by atoms with van der Waals surface area (Å²) in [5.74, 6) is 0. The summed E-state index contributed by atoms with van der Waals surface area (Å²) >= 11 is 5.42. The summed E-state index contributed by atoms with van der Waals surface area (Å²) in [5, 5.41) is 11.9. The van der Waals surface area contributed by atoms with Gasteiger partial charge in [-0.1, -0.05) is 24.3 Å². The molecule has 0 radical (unpaired) electrons. The highest BCUT2D eigenvalue weighted by molar-refractivity contribution is 7.80. The summed E-state index contributed by atoms with van der Waals surface area (Å²) in [6.45, 7) is 8.89. The standard InChI is InChI=1S/C19H29N5S/c1-14-9-6-7-10-17(14)13-24-16(3)18(15(2)22-24)21-19(25)20-11-8-12-23(4)5/h6-7,9-10H,8,11-13H2,1-5H3,(H2,20,21,25). The Morgan fingerprint density at radius 3 is 2.60 bits per heavy atom. The van der Waals surface area contributed by atoms with Crippen LogP contribution in [0, 0.1) is 20.8 Å². The second kappa shape index (κ2) is 8.97. The van der Waals surface area contributed by atoms with E-state index in [1.807, 2.05) is 11.6 Å². The van der Waals surface area contributed by atoms with E-state index < -0.39 is 0 Å². The summed E-state index contributed by atoms with van der Waals surface area (Å²) < 4.78 is 2.04. The number of hydrogen-bond donors (Lipinski definition) is 2. The molecule has 25 heavy (non-hydrogen) atoms. The molecule has 1 aromatic heterocycles. The SMILES string of the molecule is Cc1ccccc1Cn1nc(C)c(NC(=S)NCCCN(C)C)c1C. The Kier molecular flexibility index (Phi) is 6.96. The van der Waals surface area contributed by atoms with Gasteiger partial charge in [-0.3, -0.25) is 4.68 Å². The Morgan fingerprint density at radius 1 is 1.20 bits per heavy atom. The molecular formula is C19H29N5S. The van der Waals surface area contributed by atoms with Crippen molar-refractivity contribution < 1.29 is 0 Å². The summed E-state index contributed by atoms with van der Waals surface area (Å²) in [6.07, 6.45) is 1.05. The average molecular weight is 360 g/mol. The Balaban J connectivity index is 1.99. The lowest BCUT2D eigenvalue weighted by Crippen LogP contribution is -2.31. The number of nitrogens with zero attached hydrogens (tertiary/aromatic N) is 3. The van der Waals surface area contributed by atoms with Gasteiger partial charge in [0.1, 0.15) is 0 Å². The lowest BCUT2D eigenvalue weighted by Gasteiger charge is -2.13. The zero-order valence-electron chi connectivity index (χ0n) is 15.9. The average Bonchev–Trinajstić information content (AvgIpc) is 2.81. The first-order valence-electron chi connectivity index (χ1n) is 8.66. The maximum atomic E-state index is 5.42. The van der Waals surface area contributed by atoms with Crippen LogP contribution in [0.4, 0.5) is 5.69 Å². The van der Waals surface area contributed by atoms with Gasteiger partial charge in [0.25, 0.3) is 0 Å². The van der Waals surface area contributed by atoms with Crippen molar-refractivity contribution in [3.05, 3.63) is 46.8 Å². The Morgan fingerprint density at radius 2 is 1.92 bits per heavy atom. The van der Waals surface area contributed by atoms with Crippen molar-refractivity contribution in [2.45, 2.75) is 33.7 Å². The minimum Gasteiger partial charge on any atom is -0.362 e. The zero-order valence-corrected chi connectivity index (χ0v) is 16.7. The molecule has 0 amide bonds. The Bertz CT molecular complexity index is 721. The minimum atomic E-state index is 0.653. The number of aryl methyl sites for hydroxylation is 2. The van der Waals surface area contributed by atoms with E-state index in [9.17, 15) is 0 Å². The van der Waals surface area contributed by atoms with Crippen LogP contribution in [0.1, 0.15) is 28.9 Å². The van der Waals surface area contributed by atoms with Crippen LogP contribution in [-0.2, 0) is 6.54 Å². The monoisotopic (exact) mass is 359 g/mol. The van der Waals surface area contributed by atoms with Gasteiger partial charge in [0.05, 0.1) is 23.6 Å². The van der Waals surface area contributed by atoms with Gasteiger partial charge < -0.3 is 15.5 Å². The molecule has 0 atom stereocenters. The van der Waals surface area contributed by atoms with Gasteiger partial charge in [-0.2, -0.15) is 5.10 Å². The highest BCUT2D eigenvalue weighted by atomic mass is 32.1. The van der Waals surface area contributed by atoms with Crippen LogP contribution in [0.25, 0.3) is 0 Å². The fraction of sp³-hybridized carbons (Fsp3) is 0.474. The molecule has 0 aliphatic rings. The van der Waals surface area contributed by atoms with Crippen LogP contribution in [0.2, 0.25) is 0 Å². The molecule has 2 N–H and O–H groups in total. The van der Waals surface area contributed by atoms with E-state index in [-0.39, 0.29) is 0 Å². The molecule has 1 heterocycles. The van der Waals surface area contributed by atoms with Crippen LogP contribution in [0.15, 0.2) is 24.3 Å². The summed E-state index contributed by atoms with van der Waals surface area (Å²) in [4.78, 5) is 2.17. The van der Waals surface area contributed by atoms with E-state index in [4.69, 9.17) is 12.2 Å². The molecule has 1 aromatic carbocycles. The van der Waals surface area contributed by atoms with Gasteiger partial charge in [-0.25, -0.2) is 0 Å². The second-order valence-corrected chi connectivity index (χ2v) is 7.08. The van der Waals surface area contributed by atoms with Gasteiger partial charge in [0.2, 0.25) is 0 Å². The van der Waals surface area contributed by atoms with Crippen molar-refractivity contribution in [2.24, 2.45) is 0 Å². The third kappa shape index (κ3) is 5.54. The Labute approximate surface area is 156 Å². The molecule has 2 rings (SSSR count). The van der Waals surface area contributed by atoms with Crippen LogP contribution < -0.4 is 10.6 Å². The first-order chi connectivity index (χ1) is 11.9. The minimum absolute atomic E-state index is 0.653. The molecular weight excluding hydrogens is 330 g/mol. The third-order valence-corrected chi connectivity index (χ3v) is 4.52. The van der Waals surface area contributed by atoms with Crippen molar-refractivity contribution in [2.75, 3.05) is 32.5 Å². The summed E-state index contributed by atoms with van der Waals surface area (Å²) in [5.41, 5.74) is 5.62. The van der Waals surface area contributed by atoms with Gasteiger partial charge in [0.15, 0.2) is 5.11 Å². The fourth-order valence-electron chi connectivity index (χ4n) is 2.74. The quantitative estimate of drug-likeness (QED) is 0.587. The summed E-state index contributed by atoms with van der Waals surface area (Å²) in [6, 6.07) is 8.41. The lowest BCUT2D eigenvalue weighted by atomic mass is 10.1. The molecule has 2 aromatic rings. The van der Waals surface area contributed by atoms with E-state index in [0.29, 0.717) is 5.11 Å². The maximum absolute atomic E-state index is 5.42. The maximum Gasteiger partial charge on any atom is 0.170 e. The van der Waals surface area contributed by atoms with E-state index in [2.05, 4.69) is 72.8 Å². The molecule has 0 unspecified atom stereocenters.